The molecule has 0 spiro atoms. The van der Waals surface area contributed by atoms with Gasteiger partial charge in [-0.2, -0.15) is 5.26 Å². The minimum Gasteiger partial charge on any atom is -0.383 e. The maximum absolute atomic E-state index is 14.2. The van der Waals surface area contributed by atoms with Gasteiger partial charge in [0.2, 0.25) is 0 Å². The summed E-state index contributed by atoms with van der Waals surface area (Å²) < 4.78 is 14.2. The van der Waals surface area contributed by atoms with Gasteiger partial charge in [0.25, 0.3) is 0 Å². The first-order chi connectivity index (χ1) is 9.59. The number of benzene rings is 1. The largest absolute Gasteiger partial charge is 0.383 e. The molecule has 1 N–H and O–H groups in total. The number of nitriles is 1. The minimum absolute atomic E-state index is 0.269. The van der Waals surface area contributed by atoms with Crippen molar-refractivity contribution in [2.45, 2.75) is 57.5 Å². The Hall–Kier alpha value is -1.40. The van der Waals surface area contributed by atoms with E-state index in [4.69, 9.17) is 0 Å². The molecule has 1 aliphatic carbocycles. The van der Waals surface area contributed by atoms with Gasteiger partial charge < -0.3 is 5.11 Å². The van der Waals surface area contributed by atoms with Crippen molar-refractivity contribution >= 4 is 0 Å². The zero-order valence-corrected chi connectivity index (χ0v) is 12.0. The van der Waals surface area contributed by atoms with Crippen molar-refractivity contribution in [1.82, 2.24) is 0 Å². The first kappa shape index (κ1) is 15.0. The summed E-state index contributed by atoms with van der Waals surface area (Å²) in [5.74, 6) is -0.421. The van der Waals surface area contributed by atoms with E-state index in [-0.39, 0.29) is 5.56 Å². The molecule has 1 aliphatic rings. The van der Waals surface area contributed by atoms with Crippen molar-refractivity contribution in [3.05, 3.63) is 35.6 Å². The zero-order chi connectivity index (χ0) is 14.6. The van der Waals surface area contributed by atoms with Crippen molar-refractivity contribution in [2.24, 2.45) is 5.41 Å². The van der Waals surface area contributed by atoms with Crippen LogP contribution in [0.15, 0.2) is 24.3 Å². The molecule has 1 fully saturated rings. The Balaban J connectivity index is 2.53. The van der Waals surface area contributed by atoms with Crippen LogP contribution in [0.4, 0.5) is 4.39 Å². The van der Waals surface area contributed by atoms with Gasteiger partial charge in [-0.25, -0.2) is 4.39 Å². The standard InChI is InChI=1S/C17H22FNO/c1-2-17(20,14-9-5-6-10-15(14)18)16(13-19)11-7-3-4-8-12-16/h5-6,9-10,20H,2-4,7-8,11-12H2,1H3. The molecule has 1 aromatic rings. The number of halogens is 1. The highest BCUT2D eigenvalue weighted by molar-refractivity contribution is 5.30. The fourth-order valence-corrected chi connectivity index (χ4v) is 3.53. The van der Waals surface area contributed by atoms with Gasteiger partial charge >= 0.3 is 0 Å². The van der Waals surface area contributed by atoms with Crippen LogP contribution in [0, 0.1) is 22.6 Å². The summed E-state index contributed by atoms with van der Waals surface area (Å²) in [6.07, 6.45) is 5.64. The summed E-state index contributed by atoms with van der Waals surface area (Å²) >= 11 is 0. The van der Waals surface area contributed by atoms with Gasteiger partial charge in [-0.1, -0.05) is 50.8 Å². The topological polar surface area (TPSA) is 44.0 Å². The predicted octanol–water partition coefficient (Wildman–Crippen LogP) is 4.29. The molecule has 0 radical (unpaired) electrons. The highest BCUT2D eigenvalue weighted by atomic mass is 19.1. The van der Waals surface area contributed by atoms with E-state index >= 15 is 0 Å². The molecule has 1 aromatic carbocycles. The fraction of sp³-hybridized carbons (Fsp3) is 0.588. The lowest BCUT2D eigenvalue weighted by Gasteiger charge is -2.42. The van der Waals surface area contributed by atoms with E-state index in [0.717, 1.165) is 25.7 Å². The van der Waals surface area contributed by atoms with E-state index in [9.17, 15) is 14.8 Å². The summed E-state index contributed by atoms with van der Waals surface area (Å²) in [7, 11) is 0. The average molecular weight is 275 g/mol. The van der Waals surface area contributed by atoms with Crippen molar-refractivity contribution in [1.29, 1.82) is 5.26 Å². The fourth-order valence-electron chi connectivity index (χ4n) is 3.53. The number of rotatable bonds is 3. The van der Waals surface area contributed by atoms with Crippen LogP contribution in [0.3, 0.4) is 0 Å². The number of aliphatic hydroxyl groups is 1. The van der Waals surface area contributed by atoms with E-state index in [1.54, 1.807) is 18.2 Å². The molecule has 20 heavy (non-hydrogen) atoms. The maximum atomic E-state index is 14.2. The summed E-state index contributed by atoms with van der Waals surface area (Å²) in [5.41, 5.74) is -2.01. The molecule has 1 atom stereocenters. The molecule has 108 valence electrons. The third-order valence-corrected chi connectivity index (χ3v) is 4.79. The van der Waals surface area contributed by atoms with Crippen molar-refractivity contribution in [3.63, 3.8) is 0 Å². The second kappa shape index (κ2) is 5.93. The zero-order valence-electron chi connectivity index (χ0n) is 12.0. The second-order valence-corrected chi connectivity index (χ2v) is 5.80. The predicted molar refractivity (Wildman–Crippen MR) is 76.3 cm³/mol. The van der Waals surface area contributed by atoms with Crippen LogP contribution in [-0.4, -0.2) is 5.11 Å². The molecule has 0 saturated heterocycles. The van der Waals surface area contributed by atoms with Gasteiger partial charge in [0, 0.05) is 5.56 Å². The first-order valence-corrected chi connectivity index (χ1v) is 7.48. The van der Waals surface area contributed by atoms with Crippen LogP contribution in [0.2, 0.25) is 0 Å². The molecular weight excluding hydrogens is 253 g/mol. The SMILES string of the molecule is CCC(O)(c1ccccc1F)C1(C#N)CCCCCC1. The number of hydrogen-bond acceptors (Lipinski definition) is 2. The molecule has 0 bridgehead atoms. The van der Waals surface area contributed by atoms with Gasteiger partial charge in [-0.15, -0.1) is 0 Å². The highest BCUT2D eigenvalue weighted by Crippen LogP contribution is 2.51. The average Bonchev–Trinajstić information content (AvgIpc) is 2.73. The van der Waals surface area contributed by atoms with Crippen LogP contribution >= 0.6 is 0 Å². The van der Waals surface area contributed by atoms with Crippen LogP contribution in [0.1, 0.15) is 57.4 Å². The van der Waals surface area contributed by atoms with E-state index < -0.39 is 16.8 Å². The number of nitrogens with zero attached hydrogens (tertiary/aromatic N) is 1. The van der Waals surface area contributed by atoms with Crippen molar-refractivity contribution in [2.75, 3.05) is 0 Å². The molecule has 2 nitrogen and oxygen atoms in total. The van der Waals surface area contributed by atoms with E-state index in [0.29, 0.717) is 19.3 Å². The van der Waals surface area contributed by atoms with Gasteiger partial charge in [0.05, 0.1) is 11.5 Å². The first-order valence-electron chi connectivity index (χ1n) is 7.48. The number of hydrogen-bond donors (Lipinski definition) is 1. The third-order valence-electron chi connectivity index (χ3n) is 4.79. The van der Waals surface area contributed by atoms with Crippen LogP contribution in [0.25, 0.3) is 0 Å². The molecule has 1 unspecified atom stereocenters. The Bertz CT molecular complexity index is 500. The molecular formula is C17H22FNO. The summed E-state index contributed by atoms with van der Waals surface area (Å²) in [6, 6.07) is 8.67. The normalized spacial score (nSPS) is 21.5. The Labute approximate surface area is 120 Å². The lowest BCUT2D eigenvalue weighted by atomic mass is 9.63. The maximum Gasteiger partial charge on any atom is 0.129 e. The Morgan fingerprint density at radius 3 is 2.35 bits per heavy atom. The van der Waals surface area contributed by atoms with Crippen LogP contribution in [-0.2, 0) is 5.60 Å². The van der Waals surface area contributed by atoms with E-state index in [1.165, 1.54) is 6.07 Å². The Morgan fingerprint density at radius 1 is 1.25 bits per heavy atom. The third kappa shape index (κ3) is 2.33. The van der Waals surface area contributed by atoms with Crippen LogP contribution < -0.4 is 0 Å². The van der Waals surface area contributed by atoms with Crippen LogP contribution in [0.5, 0.6) is 0 Å². The van der Waals surface area contributed by atoms with E-state index in [2.05, 4.69) is 6.07 Å². The molecule has 0 aliphatic heterocycles. The smallest absolute Gasteiger partial charge is 0.129 e. The van der Waals surface area contributed by atoms with Crippen molar-refractivity contribution in [3.8, 4) is 6.07 Å². The Morgan fingerprint density at radius 2 is 1.85 bits per heavy atom. The lowest BCUT2D eigenvalue weighted by molar-refractivity contribution is -0.0755. The molecule has 0 amide bonds. The summed E-state index contributed by atoms with van der Waals surface area (Å²) in [6.45, 7) is 1.83. The summed E-state index contributed by atoms with van der Waals surface area (Å²) in [4.78, 5) is 0. The minimum atomic E-state index is -1.41. The van der Waals surface area contributed by atoms with Gasteiger partial charge in [-0.3, -0.25) is 0 Å². The second-order valence-electron chi connectivity index (χ2n) is 5.80. The monoisotopic (exact) mass is 275 g/mol. The molecule has 0 aromatic heterocycles. The quantitative estimate of drug-likeness (QED) is 0.836. The lowest BCUT2D eigenvalue weighted by Crippen LogP contribution is -2.45. The van der Waals surface area contributed by atoms with E-state index in [1.807, 2.05) is 6.92 Å². The van der Waals surface area contributed by atoms with Gasteiger partial charge in [0.15, 0.2) is 0 Å². The molecule has 3 heteroatoms. The molecule has 2 rings (SSSR count). The Kier molecular flexibility index (Phi) is 4.45. The molecule has 0 heterocycles. The van der Waals surface area contributed by atoms with Gasteiger partial charge in [-0.05, 0) is 25.3 Å². The highest BCUT2D eigenvalue weighted by Gasteiger charge is 2.51. The molecule has 1 saturated carbocycles. The van der Waals surface area contributed by atoms with Crippen molar-refractivity contribution < 1.29 is 9.50 Å². The summed E-state index contributed by atoms with van der Waals surface area (Å²) in [5, 5.41) is 21.0. The van der Waals surface area contributed by atoms with Gasteiger partial charge in [0.1, 0.15) is 11.4 Å².